The van der Waals surface area contributed by atoms with Gasteiger partial charge in [-0.15, -0.1) is 10.2 Å². The van der Waals surface area contributed by atoms with Gasteiger partial charge in [0.05, 0.1) is 7.11 Å². The molecule has 0 saturated heterocycles. The molecule has 0 radical (unpaired) electrons. The van der Waals surface area contributed by atoms with E-state index in [9.17, 15) is 4.79 Å². The molecule has 1 heterocycles. The predicted molar refractivity (Wildman–Crippen MR) is 114 cm³/mol. The van der Waals surface area contributed by atoms with Crippen molar-refractivity contribution < 1.29 is 14.3 Å². The highest BCUT2D eigenvalue weighted by molar-refractivity contribution is 7.18. The zero-order valence-electron chi connectivity index (χ0n) is 16.5. The first kappa shape index (κ1) is 19.4. The van der Waals surface area contributed by atoms with Crippen LogP contribution >= 0.6 is 11.3 Å². The van der Waals surface area contributed by atoms with Crippen molar-refractivity contribution >= 4 is 22.4 Å². The summed E-state index contributed by atoms with van der Waals surface area (Å²) >= 11 is 1.32. The van der Waals surface area contributed by atoms with Crippen LogP contribution in [0.5, 0.6) is 11.5 Å². The Labute approximate surface area is 173 Å². The van der Waals surface area contributed by atoms with Gasteiger partial charge >= 0.3 is 0 Å². The molecule has 1 aromatic heterocycles. The molecular formula is C22H23N3O3S. The third kappa shape index (κ3) is 4.40. The highest BCUT2D eigenvalue weighted by Crippen LogP contribution is 2.31. The first-order chi connectivity index (χ1) is 14.1. The van der Waals surface area contributed by atoms with E-state index in [2.05, 4.69) is 21.6 Å². The van der Waals surface area contributed by atoms with Gasteiger partial charge in [0.2, 0.25) is 5.13 Å². The minimum absolute atomic E-state index is 0.240. The lowest BCUT2D eigenvalue weighted by Crippen LogP contribution is -2.30. The fourth-order valence-corrected chi connectivity index (χ4v) is 4.18. The predicted octanol–water partition coefficient (Wildman–Crippen LogP) is 4.50. The van der Waals surface area contributed by atoms with Gasteiger partial charge in [0, 0.05) is 5.56 Å². The number of aromatic nitrogens is 2. The van der Waals surface area contributed by atoms with Gasteiger partial charge < -0.3 is 9.47 Å². The molecule has 0 saturated carbocycles. The number of fused-ring (bicyclic) bond motifs is 1. The molecule has 1 atom stereocenters. The molecule has 1 aliphatic carbocycles. The van der Waals surface area contributed by atoms with Crippen molar-refractivity contribution in [1.29, 1.82) is 0 Å². The average Bonchev–Trinajstić information content (AvgIpc) is 3.22. The lowest BCUT2D eigenvalue weighted by atomic mass is 9.91. The Kier molecular flexibility index (Phi) is 5.76. The number of hydrogen-bond acceptors (Lipinski definition) is 6. The molecule has 0 unspecified atom stereocenters. The van der Waals surface area contributed by atoms with Crippen LogP contribution < -0.4 is 14.8 Å². The molecule has 4 rings (SSSR count). The third-order valence-corrected chi connectivity index (χ3v) is 5.91. The van der Waals surface area contributed by atoms with Crippen LogP contribution in [-0.2, 0) is 17.6 Å². The van der Waals surface area contributed by atoms with Crippen molar-refractivity contribution in [1.82, 2.24) is 10.2 Å². The van der Waals surface area contributed by atoms with E-state index < -0.39 is 6.10 Å². The van der Waals surface area contributed by atoms with Gasteiger partial charge in [0.1, 0.15) is 16.5 Å². The summed E-state index contributed by atoms with van der Waals surface area (Å²) in [7, 11) is 1.63. The number of hydrogen-bond donors (Lipinski definition) is 1. The van der Waals surface area contributed by atoms with Crippen molar-refractivity contribution in [2.24, 2.45) is 0 Å². The van der Waals surface area contributed by atoms with Crippen molar-refractivity contribution in [3.8, 4) is 22.1 Å². The summed E-state index contributed by atoms with van der Waals surface area (Å²) in [5, 5.41) is 12.2. The Balaban J connectivity index is 1.41. The molecular weight excluding hydrogens is 386 g/mol. The smallest absolute Gasteiger partial charge is 0.266 e. The Hall–Kier alpha value is -2.93. The van der Waals surface area contributed by atoms with Gasteiger partial charge in [0.25, 0.3) is 5.91 Å². The molecule has 0 spiro atoms. The zero-order chi connectivity index (χ0) is 20.2. The van der Waals surface area contributed by atoms with Crippen LogP contribution in [0.3, 0.4) is 0 Å². The number of rotatable bonds is 6. The number of amides is 1. The van der Waals surface area contributed by atoms with Crippen molar-refractivity contribution in [3.63, 3.8) is 0 Å². The second kappa shape index (κ2) is 8.61. The zero-order valence-corrected chi connectivity index (χ0v) is 17.3. The molecule has 6 nitrogen and oxygen atoms in total. The molecule has 29 heavy (non-hydrogen) atoms. The van der Waals surface area contributed by atoms with Crippen LogP contribution in [0.1, 0.15) is 30.9 Å². The molecule has 1 aliphatic rings. The third-order valence-electron chi connectivity index (χ3n) is 5.02. The van der Waals surface area contributed by atoms with Gasteiger partial charge in [-0.3, -0.25) is 10.1 Å². The first-order valence-corrected chi connectivity index (χ1v) is 10.5. The standard InChI is InChI=1S/C22H23N3O3S/c1-14(28-19-9-5-7-15-6-3-4-8-18(15)19)20(26)23-22-25-24-21(29-22)16-10-12-17(27-2)13-11-16/h5,7,9-14H,3-4,6,8H2,1-2H3,(H,23,25,26)/t14-/m1/s1. The van der Waals surface area contributed by atoms with Gasteiger partial charge in [-0.05, 0) is 74.1 Å². The number of nitrogens with zero attached hydrogens (tertiary/aromatic N) is 2. The SMILES string of the molecule is COc1ccc(-c2nnc(NC(=O)[C@@H](C)Oc3cccc4c3CCCC4)s2)cc1. The maximum absolute atomic E-state index is 12.6. The summed E-state index contributed by atoms with van der Waals surface area (Å²) in [6, 6.07) is 13.6. The van der Waals surface area contributed by atoms with Crippen LogP contribution in [0.25, 0.3) is 10.6 Å². The number of benzene rings is 2. The number of aryl methyl sites for hydroxylation is 1. The maximum atomic E-state index is 12.6. The lowest BCUT2D eigenvalue weighted by molar-refractivity contribution is -0.122. The van der Waals surface area contributed by atoms with E-state index in [0.29, 0.717) is 5.13 Å². The number of carbonyl (C=O) groups excluding carboxylic acids is 1. The van der Waals surface area contributed by atoms with E-state index in [1.807, 2.05) is 36.4 Å². The molecule has 1 amide bonds. The molecule has 0 fully saturated rings. The van der Waals surface area contributed by atoms with Crippen LogP contribution in [0.15, 0.2) is 42.5 Å². The molecule has 0 aliphatic heterocycles. The second-order valence-electron chi connectivity index (χ2n) is 6.99. The van der Waals surface area contributed by atoms with Crippen molar-refractivity contribution in [3.05, 3.63) is 53.6 Å². The van der Waals surface area contributed by atoms with E-state index in [4.69, 9.17) is 9.47 Å². The average molecular weight is 410 g/mol. The van der Waals surface area contributed by atoms with Gasteiger partial charge in [-0.2, -0.15) is 0 Å². The quantitative estimate of drug-likeness (QED) is 0.649. The van der Waals surface area contributed by atoms with Gasteiger partial charge in [-0.1, -0.05) is 23.5 Å². The van der Waals surface area contributed by atoms with E-state index in [1.54, 1.807) is 14.0 Å². The van der Waals surface area contributed by atoms with Crippen molar-refractivity contribution in [2.75, 3.05) is 12.4 Å². The largest absolute Gasteiger partial charge is 0.497 e. The Morgan fingerprint density at radius 1 is 1.10 bits per heavy atom. The molecule has 150 valence electrons. The second-order valence-corrected chi connectivity index (χ2v) is 7.97. The van der Waals surface area contributed by atoms with Crippen LogP contribution in [-0.4, -0.2) is 29.3 Å². The van der Waals surface area contributed by atoms with Crippen LogP contribution in [0.2, 0.25) is 0 Å². The van der Waals surface area contributed by atoms with E-state index in [1.165, 1.54) is 28.9 Å². The monoisotopic (exact) mass is 409 g/mol. The minimum Gasteiger partial charge on any atom is -0.497 e. The summed E-state index contributed by atoms with van der Waals surface area (Å²) in [5.74, 6) is 1.35. The van der Waals surface area contributed by atoms with E-state index in [0.717, 1.165) is 41.3 Å². The fourth-order valence-electron chi connectivity index (χ4n) is 3.43. The number of ether oxygens (including phenoxy) is 2. The number of carbonyl (C=O) groups is 1. The highest BCUT2D eigenvalue weighted by atomic mass is 32.1. The lowest BCUT2D eigenvalue weighted by Gasteiger charge is -2.21. The Bertz CT molecular complexity index is 1000. The maximum Gasteiger partial charge on any atom is 0.266 e. The number of anilines is 1. The Morgan fingerprint density at radius 2 is 1.90 bits per heavy atom. The topological polar surface area (TPSA) is 73.3 Å². The minimum atomic E-state index is -0.628. The van der Waals surface area contributed by atoms with Crippen molar-refractivity contribution in [2.45, 2.75) is 38.7 Å². The molecule has 7 heteroatoms. The number of methoxy groups -OCH3 is 1. The summed E-state index contributed by atoms with van der Waals surface area (Å²) in [4.78, 5) is 12.6. The highest BCUT2D eigenvalue weighted by Gasteiger charge is 2.20. The van der Waals surface area contributed by atoms with E-state index in [-0.39, 0.29) is 5.91 Å². The van der Waals surface area contributed by atoms with Gasteiger partial charge in [-0.25, -0.2) is 0 Å². The normalized spacial score (nSPS) is 14.0. The fraction of sp³-hybridized carbons (Fsp3) is 0.318. The van der Waals surface area contributed by atoms with E-state index >= 15 is 0 Å². The van der Waals surface area contributed by atoms with Crippen LogP contribution in [0, 0.1) is 0 Å². The number of nitrogens with one attached hydrogen (secondary N) is 1. The van der Waals surface area contributed by atoms with Gasteiger partial charge in [0.15, 0.2) is 6.10 Å². The summed E-state index contributed by atoms with van der Waals surface area (Å²) in [5.41, 5.74) is 3.48. The molecule has 0 bridgehead atoms. The first-order valence-electron chi connectivity index (χ1n) is 9.70. The summed E-state index contributed by atoms with van der Waals surface area (Å²) in [6.07, 6.45) is 3.82. The molecule has 3 aromatic rings. The summed E-state index contributed by atoms with van der Waals surface area (Å²) in [6.45, 7) is 1.75. The Morgan fingerprint density at radius 3 is 2.69 bits per heavy atom. The summed E-state index contributed by atoms with van der Waals surface area (Å²) < 4.78 is 11.2. The van der Waals surface area contributed by atoms with Crippen LogP contribution in [0.4, 0.5) is 5.13 Å². The molecule has 2 aromatic carbocycles. The molecule has 1 N–H and O–H groups in total.